The van der Waals surface area contributed by atoms with E-state index >= 15 is 0 Å². The Morgan fingerprint density at radius 2 is 2.00 bits per heavy atom. The third kappa shape index (κ3) is 2.83. The Morgan fingerprint density at radius 1 is 1.21 bits per heavy atom. The van der Waals surface area contributed by atoms with Crippen LogP contribution in [0.5, 0.6) is 0 Å². The van der Waals surface area contributed by atoms with Crippen LogP contribution in [0.1, 0.15) is 48.1 Å². The van der Waals surface area contributed by atoms with Gasteiger partial charge in [-0.15, -0.1) is 11.3 Å². The molecule has 2 aromatic rings. The average molecular weight is 360 g/mol. The van der Waals surface area contributed by atoms with Crippen LogP contribution in [0.2, 0.25) is 0 Å². The predicted octanol–water partition coefficient (Wildman–Crippen LogP) is 5.09. The van der Waals surface area contributed by atoms with Crippen molar-refractivity contribution in [2.45, 2.75) is 56.0 Å². The highest BCUT2D eigenvalue weighted by molar-refractivity contribution is 8.00. The Balaban J connectivity index is 0.000000704. The minimum absolute atomic E-state index is 0.282. The monoisotopic (exact) mass is 359 g/mol. The molecular weight excluding hydrogens is 334 g/mol. The number of thiophene rings is 1. The Labute approximate surface area is 152 Å². The molecule has 5 rings (SSSR count). The lowest BCUT2D eigenvalue weighted by atomic mass is 10.0. The number of nitrogens with two attached hydrogens (primary N) is 1. The number of fused-ring (bicyclic) bond motifs is 2. The van der Waals surface area contributed by atoms with Gasteiger partial charge >= 0.3 is 0 Å². The van der Waals surface area contributed by atoms with E-state index in [0.29, 0.717) is 0 Å². The van der Waals surface area contributed by atoms with Crippen molar-refractivity contribution in [3.05, 3.63) is 40.3 Å². The zero-order chi connectivity index (χ0) is 16.7. The molecule has 3 nitrogen and oxygen atoms in total. The van der Waals surface area contributed by atoms with Gasteiger partial charge in [-0.1, -0.05) is 37.7 Å². The summed E-state index contributed by atoms with van der Waals surface area (Å²) < 4.78 is 0. The van der Waals surface area contributed by atoms with E-state index in [-0.39, 0.29) is 5.37 Å². The van der Waals surface area contributed by atoms with Gasteiger partial charge < -0.3 is 11.1 Å². The maximum absolute atomic E-state index is 6.42. The van der Waals surface area contributed by atoms with Crippen molar-refractivity contribution in [3.63, 3.8) is 0 Å². The van der Waals surface area contributed by atoms with Crippen LogP contribution in [0.15, 0.2) is 29.2 Å². The molecule has 0 bridgehead atoms. The van der Waals surface area contributed by atoms with Gasteiger partial charge in [0.25, 0.3) is 0 Å². The number of anilines is 2. The SMILES string of the molecule is CC.Nc1sc2c(c1C1Nc3ccccc3S1)CCN(C1CC1)C2. The van der Waals surface area contributed by atoms with Gasteiger partial charge in [0.2, 0.25) is 0 Å². The summed E-state index contributed by atoms with van der Waals surface area (Å²) in [5.74, 6) is 0. The molecule has 0 radical (unpaired) electrons. The largest absolute Gasteiger partial charge is 0.390 e. The van der Waals surface area contributed by atoms with E-state index in [1.165, 1.54) is 46.0 Å². The molecule has 1 aliphatic carbocycles. The van der Waals surface area contributed by atoms with Crippen LogP contribution in [0.25, 0.3) is 0 Å². The van der Waals surface area contributed by atoms with E-state index in [1.807, 2.05) is 36.9 Å². The molecule has 0 amide bonds. The lowest BCUT2D eigenvalue weighted by molar-refractivity contribution is 0.246. The fraction of sp³-hybridized carbons (Fsp3) is 0.474. The van der Waals surface area contributed by atoms with Gasteiger partial charge in [0.15, 0.2) is 0 Å². The molecule has 24 heavy (non-hydrogen) atoms. The molecule has 3 heterocycles. The van der Waals surface area contributed by atoms with Crippen molar-refractivity contribution < 1.29 is 0 Å². The number of rotatable bonds is 2. The summed E-state index contributed by atoms with van der Waals surface area (Å²) in [5, 5.41) is 4.95. The zero-order valence-corrected chi connectivity index (χ0v) is 16.0. The van der Waals surface area contributed by atoms with Crippen molar-refractivity contribution in [1.29, 1.82) is 0 Å². The highest BCUT2D eigenvalue weighted by atomic mass is 32.2. The Hall–Kier alpha value is -1.17. The molecule has 1 unspecified atom stereocenters. The lowest BCUT2D eigenvalue weighted by Gasteiger charge is -2.27. The van der Waals surface area contributed by atoms with Gasteiger partial charge in [-0.2, -0.15) is 0 Å². The van der Waals surface area contributed by atoms with E-state index in [9.17, 15) is 0 Å². The molecule has 1 fully saturated rings. The highest BCUT2D eigenvalue weighted by Gasteiger charge is 2.35. The van der Waals surface area contributed by atoms with Crippen molar-refractivity contribution in [2.75, 3.05) is 17.6 Å². The highest BCUT2D eigenvalue weighted by Crippen LogP contribution is 2.51. The van der Waals surface area contributed by atoms with Crippen LogP contribution >= 0.6 is 23.1 Å². The molecule has 1 atom stereocenters. The van der Waals surface area contributed by atoms with Gasteiger partial charge in [0.1, 0.15) is 5.37 Å². The molecule has 1 aromatic carbocycles. The second kappa shape index (κ2) is 6.62. The second-order valence-electron chi connectivity index (χ2n) is 6.37. The molecule has 0 saturated heterocycles. The van der Waals surface area contributed by atoms with Crippen LogP contribution in [-0.2, 0) is 13.0 Å². The van der Waals surface area contributed by atoms with Crippen LogP contribution in [0, 0.1) is 0 Å². The standard InChI is InChI=1S/C17H19N3S2.C2H6/c18-16-15(17-19-12-3-1-2-4-13(12)22-17)11-7-8-20(10-5-6-10)9-14(11)21-16;1-2/h1-4,10,17,19H,5-9,18H2;1-2H3. The summed E-state index contributed by atoms with van der Waals surface area (Å²) >= 11 is 3.72. The minimum atomic E-state index is 0.282. The van der Waals surface area contributed by atoms with Crippen molar-refractivity contribution >= 4 is 33.8 Å². The van der Waals surface area contributed by atoms with Gasteiger partial charge in [0, 0.05) is 40.2 Å². The van der Waals surface area contributed by atoms with Crippen molar-refractivity contribution in [3.8, 4) is 0 Å². The normalized spacial score (nSPS) is 22.2. The quantitative estimate of drug-likeness (QED) is 0.783. The van der Waals surface area contributed by atoms with Crippen molar-refractivity contribution in [1.82, 2.24) is 4.90 Å². The molecule has 128 valence electrons. The maximum Gasteiger partial charge on any atom is 0.106 e. The second-order valence-corrected chi connectivity index (χ2v) is 8.66. The van der Waals surface area contributed by atoms with Crippen molar-refractivity contribution in [2.24, 2.45) is 0 Å². The summed E-state index contributed by atoms with van der Waals surface area (Å²) in [6.07, 6.45) is 3.93. The van der Waals surface area contributed by atoms with E-state index < -0.39 is 0 Å². The summed E-state index contributed by atoms with van der Waals surface area (Å²) in [6, 6.07) is 9.40. The Kier molecular flexibility index (Phi) is 4.50. The molecule has 1 aromatic heterocycles. The Morgan fingerprint density at radius 3 is 2.75 bits per heavy atom. The molecule has 5 heteroatoms. The first-order valence-corrected chi connectivity index (χ1v) is 10.7. The van der Waals surface area contributed by atoms with E-state index in [1.54, 1.807) is 0 Å². The summed E-state index contributed by atoms with van der Waals surface area (Å²) in [4.78, 5) is 5.48. The van der Waals surface area contributed by atoms with Gasteiger partial charge in [-0.05, 0) is 37.0 Å². The average Bonchev–Trinajstić information content (AvgIpc) is 3.29. The van der Waals surface area contributed by atoms with Gasteiger partial charge in [0.05, 0.1) is 5.00 Å². The van der Waals surface area contributed by atoms with E-state index in [2.05, 4.69) is 34.5 Å². The van der Waals surface area contributed by atoms with Crippen LogP contribution in [0.3, 0.4) is 0 Å². The molecule has 1 saturated carbocycles. The lowest BCUT2D eigenvalue weighted by Crippen LogP contribution is -2.31. The van der Waals surface area contributed by atoms with Crippen LogP contribution in [0.4, 0.5) is 10.7 Å². The first-order valence-electron chi connectivity index (χ1n) is 8.96. The number of para-hydroxylation sites is 1. The molecular formula is C19H25N3S2. The summed E-state index contributed by atoms with van der Waals surface area (Å²) in [5.41, 5.74) is 10.5. The minimum Gasteiger partial charge on any atom is -0.390 e. The topological polar surface area (TPSA) is 41.3 Å². The number of nitrogens with one attached hydrogen (secondary N) is 1. The zero-order valence-electron chi connectivity index (χ0n) is 14.3. The summed E-state index contributed by atoms with van der Waals surface area (Å²) in [6.45, 7) is 6.31. The fourth-order valence-corrected chi connectivity index (χ4v) is 6.12. The van der Waals surface area contributed by atoms with Crippen LogP contribution in [-0.4, -0.2) is 17.5 Å². The molecule has 3 aliphatic rings. The molecule has 3 N–H and O–H groups in total. The van der Waals surface area contributed by atoms with Gasteiger partial charge in [-0.25, -0.2) is 0 Å². The van der Waals surface area contributed by atoms with Gasteiger partial charge in [-0.3, -0.25) is 4.90 Å². The van der Waals surface area contributed by atoms with Crippen LogP contribution < -0.4 is 11.1 Å². The summed E-state index contributed by atoms with van der Waals surface area (Å²) in [7, 11) is 0. The number of nitrogens with zero attached hydrogens (tertiary/aromatic N) is 1. The molecule has 2 aliphatic heterocycles. The third-order valence-electron chi connectivity index (χ3n) is 4.90. The smallest absolute Gasteiger partial charge is 0.106 e. The first kappa shape index (κ1) is 16.3. The fourth-order valence-electron chi connectivity index (χ4n) is 3.63. The maximum atomic E-state index is 6.42. The number of hydrogen-bond acceptors (Lipinski definition) is 5. The van der Waals surface area contributed by atoms with E-state index in [4.69, 9.17) is 5.73 Å². The number of nitrogen functional groups attached to an aromatic ring is 1. The Bertz CT molecular complexity index is 711. The number of benzene rings is 1. The van der Waals surface area contributed by atoms with E-state index in [0.717, 1.165) is 24.0 Å². The predicted molar refractivity (Wildman–Crippen MR) is 106 cm³/mol. The molecule has 0 spiro atoms. The first-order chi connectivity index (χ1) is 11.8. The number of thioether (sulfide) groups is 1. The number of hydrogen-bond donors (Lipinski definition) is 2. The third-order valence-corrected chi connectivity index (χ3v) is 7.16.